The van der Waals surface area contributed by atoms with Gasteiger partial charge in [0.1, 0.15) is 5.01 Å². The molecule has 4 nitrogen and oxygen atoms in total. The summed E-state index contributed by atoms with van der Waals surface area (Å²) in [5, 5.41) is 6.43. The van der Waals surface area contributed by atoms with Gasteiger partial charge in [-0.2, -0.15) is 0 Å². The Morgan fingerprint density at radius 3 is 2.82 bits per heavy atom. The van der Waals surface area contributed by atoms with E-state index in [4.69, 9.17) is 5.73 Å². The lowest BCUT2D eigenvalue weighted by atomic mass is 10.3. The van der Waals surface area contributed by atoms with Crippen molar-refractivity contribution in [3.05, 3.63) is 32.9 Å². The summed E-state index contributed by atoms with van der Waals surface area (Å²) in [5.74, 6) is 0. The molecule has 0 aliphatic rings. The molecular formula is C11H13BrN4S. The molecule has 1 atom stereocenters. The molecule has 0 aliphatic carbocycles. The number of pyridine rings is 1. The molecule has 90 valence electrons. The van der Waals surface area contributed by atoms with Crippen LogP contribution >= 0.6 is 27.3 Å². The molecule has 2 heterocycles. The van der Waals surface area contributed by atoms with Crippen LogP contribution in [0.25, 0.3) is 0 Å². The quantitative estimate of drug-likeness (QED) is 0.912. The van der Waals surface area contributed by atoms with E-state index in [1.54, 1.807) is 23.7 Å². The average molecular weight is 313 g/mol. The van der Waals surface area contributed by atoms with Crippen LogP contribution in [0.4, 0.5) is 11.4 Å². The molecular weight excluding hydrogens is 300 g/mol. The van der Waals surface area contributed by atoms with E-state index >= 15 is 0 Å². The SMILES string of the molecule is Cc1csc(C(C)Nc2c(N)cncc2Br)n1. The molecule has 0 aromatic carbocycles. The third kappa shape index (κ3) is 2.76. The second kappa shape index (κ2) is 5.01. The zero-order valence-electron chi connectivity index (χ0n) is 9.57. The highest BCUT2D eigenvalue weighted by atomic mass is 79.9. The number of nitrogens with zero attached hydrogens (tertiary/aromatic N) is 2. The molecule has 0 aliphatic heterocycles. The predicted molar refractivity (Wildman–Crippen MR) is 75.2 cm³/mol. The van der Waals surface area contributed by atoms with E-state index in [1.165, 1.54) is 0 Å². The van der Waals surface area contributed by atoms with Crippen LogP contribution in [-0.4, -0.2) is 9.97 Å². The van der Waals surface area contributed by atoms with E-state index in [-0.39, 0.29) is 6.04 Å². The third-order valence-corrected chi connectivity index (χ3v) is 4.04. The number of nitrogen functional groups attached to an aromatic ring is 1. The first-order valence-electron chi connectivity index (χ1n) is 5.15. The Balaban J connectivity index is 2.21. The maximum absolute atomic E-state index is 5.88. The maximum Gasteiger partial charge on any atom is 0.115 e. The number of hydrogen-bond donors (Lipinski definition) is 2. The number of hydrogen-bond acceptors (Lipinski definition) is 5. The number of nitrogens with two attached hydrogens (primary N) is 1. The standard InChI is InChI=1S/C11H13BrN4S/c1-6-5-17-11(15-6)7(2)16-10-8(12)3-14-4-9(10)13/h3-5,7H,13H2,1-2H3,(H,14,16). The van der Waals surface area contributed by atoms with E-state index < -0.39 is 0 Å². The van der Waals surface area contributed by atoms with Crippen molar-refractivity contribution in [2.45, 2.75) is 19.9 Å². The summed E-state index contributed by atoms with van der Waals surface area (Å²) < 4.78 is 0.859. The second-order valence-corrected chi connectivity index (χ2v) is 5.52. The first-order chi connectivity index (χ1) is 8.08. The van der Waals surface area contributed by atoms with Crippen LogP contribution in [-0.2, 0) is 0 Å². The smallest absolute Gasteiger partial charge is 0.115 e. The zero-order valence-corrected chi connectivity index (χ0v) is 12.0. The molecule has 2 rings (SSSR count). The van der Waals surface area contributed by atoms with Crippen molar-refractivity contribution >= 4 is 38.6 Å². The summed E-state index contributed by atoms with van der Waals surface area (Å²) >= 11 is 5.07. The van der Waals surface area contributed by atoms with E-state index in [2.05, 4.69) is 38.1 Å². The molecule has 0 radical (unpaired) electrons. The fourth-order valence-corrected chi connectivity index (χ4v) is 2.72. The van der Waals surface area contributed by atoms with Crippen LogP contribution < -0.4 is 11.1 Å². The summed E-state index contributed by atoms with van der Waals surface area (Å²) in [5.41, 5.74) is 8.41. The minimum Gasteiger partial charge on any atom is -0.396 e. The van der Waals surface area contributed by atoms with Gasteiger partial charge in [-0.15, -0.1) is 11.3 Å². The molecule has 2 aromatic rings. The molecule has 0 saturated heterocycles. The Morgan fingerprint density at radius 2 is 2.24 bits per heavy atom. The number of nitrogens with one attached hydrogen (secondary N) is 1. The Hall–Kier alpha value is -1.14. The number of halogens is 1. The fraction of sp³-hybridized carbons (Fsp3) is 0.273. The Kier molecular flexibility index (Phi) is 3.63. The highest BCUT2D eigenvalue weighted by Crippen LogP contribution is 2.31. The number of rotatable bonds is 3. The molecule has 3 N–H and O–H groups in total. The number of thiazole rings is 1. The second-order valence-electron chi connectivity index (χ2n) is 3.78. The molecule has 6 heteroatoms. The summed E-state index contributed by atoms with van der Waals surface area (Å²) in [6, 6.07) is 0.120. The van der Waals surface area contributed by atoms with E-state index in [0.717, 1.165) is 20.9 Å². The van der Waals surface area contributed by atoms with Crippen LogP contribution in [0.3, 0.4) is 0 Å². The minimum absolute atomic E-state index is 0.120. The van der Waals surface area contributed by atoms with Crippen LogP contribution in [0, 0.1) is 6.92 Å². The highest BCUT2D eigenvalue weighted by Gasteiger charge is 2.12. The Bertz CT molecular complexity index is 506. The van der Waals surface area contributed by atoms with Crippen molar-refractivity contribution in [2.75, 3.05) is 11.1 Å². The van der Waals surface area contributed by atoms with Crippen molar-refractivity contribution < 1.29 is 0 Å². The van der Waals surface area contributed by atoms with Gasteiger partial charge >= 0.3 is 0 Å². The monoisotopic (exact) mass is 312 g/mol. The van der Waals surface area contributed by atoms with Crippen molar-refractivity contribution in [1.82, 2.24) is 9.97 Å². The third-order valence-electron chi connectivity index (χ3n) is 2.30. The first kappa shape index (κ1) is 12.3. The van der Waals surface area contributed by atoms with Gasteiger partial charge in [0.25, 0.3) is 0 Å². The van der Waals surface area contributed by atoms with Gasteiger partial charge in [-0.05, 0) is 29.8 Å². The number of aryl methyl sites for hydroxylation is 1. The lowest BCUT2D eigenvalue weighted by molar-refractivity contribution is 0.863. The Morgan fingerprint density at radius 1 is 1.47 bits per heavy atom. The minimum atomic E-state index is 0.120. The molecule has 0 bridgehead atoms. The van der Waals surface area contributed by atoms with Crippen molar-refractivity contribution in [3.8, 4) is 0 Å². The van der Waals surface area contributed by atoms with E-state index in [1.807, 2.05) is 12.3 Å². The fourth-order valence-electron chi connectivity index (χ4n) is 1.45. The van der Waals surface area contributed by atoms with Crippen molar-refractivity contribution in [2.24, 2.45) is 0 Å². The maximum atomic E-state index is 5.88. The summed E-state index contributed by atoms with van der Waals surface area (Å²) in [7, 11) is 0. The van der Waals surface area contributed by atoms with Crippen molar-refractivity contribution in [1.29, 1.82) is 0 Å². The molecule has 0 spiro atoms. The lowest BCUT2D eigenvalue weighted by Gasteiger charge is -2.15. The Labute approximate surface area is 112 Å². The van der Waals surface area contributed by atoms with Crippen LogP contribution in [0.15, 0.2) is 22.2 Å². The average Bonchev–Trinajstić information content (AvgIpc) is 2.70. The highest BCUT2D eigenvalue weighted by molar-refractivity contribution is 9.10. The topological polar surface area (TPSA) is 63.8 Å². The summed E-state index contributed by atoms with van der Waals surface area (Å²) in [6.07, 6.45) is 3.35. The van der Waals surface area contributed by atoms with E-state index in [9.17, 15) is 0 Å². The van der Waals surface area contributed by atoms with Crippen LogP contribution in [0.1, 0.15) is 23.7 Å². The molecule has 1 unspecified atom stereocenters. The van der Waals surface area contributed by atoms with Gasteiger partial charge in [-0.1, -0.05) is 0 Å². The van der Waals surface area contributed by atoms with Crippen LogP contribution in [0.2, 0.25) is 0 Å². The molecule has 17 heavy (non-hydrogen) atoms. The molecule has 0 fully saturated rings. The first-order valence-corrected chi connectivity index (χ1v) is 6.82. The largest absolute Gasteiger partial charge is 0.396 e. The van der Waals surface area contributed by atoms with Gasteiger partial charge in [0.05, 0.1) is 28.1 Å². The van der Waals surface area contributed by atoms with Gasteiger partial charge in [-0.25, -0.2) is 4.98 Å². The molecule has 2 aromatic heterocycles. The normalized spacial score (nSPS) is 12.4. The van der Waals surface area contributed by atoms with Gasteiger partial charge in [0.15, 0.2) is 0 Å². The molecule has 0 amide bonds. The van der Waals surface area contributed by atoms with Gasteiger partial charge in [-0.3, -0.25) is 4.98 Å². The number of aromatic nitrogens is 2. The van der Waals surface area contributed by atoms with E-state index in [0.29, 0.717) is 5.69 Å². The van der Waals surface area contributed by atoms with Crippen LogP contribution in [0.5, 0.6) is 0 Å². The lowest BCUT2D eigenvalue weighted by Crippen LogP contribution is -2.09. The summed E-state index contributed by atoms with van der Waals surface area (Å²) in [4.78, 5) is 8.45. The predicted octanol–water partition coefficient (Wildman–Crippen LogP) is 3.36. The summed E-state index contributed by atoms with van der Waals surface area (Å²) in [6.45, 7) is 4.05. The van der Waals surface area contributed by atoms with Crippen molar-refractivity contribution in [3.63, 3.8) is 0 Å². The number of anilines is 2. The van der Waals surface area contributed by atoms with Gasteiger partial charge < -0.3 is 11.1 Å². The van der Waals surface area contributed by atoms with Gasteiger partial charge in [0.2, 0.25) is 0 Å². The molecule has 0 saturated carbocycles. The van der Waals surface area contributed by atoms with Gasteiger partial charge in [0, 0.05) is 17.3 Å². The zero-order chi connectivity index (χ0) is 12.4.